The Hall–Kier alpha value is -2.02. The number of aliphatic hydroxyl groups excluding tert-OH is 1. The minimum atomic E-state index is -1.05. The van der Waals surface area contributed by atoms with E-state index in [1.807, 2.05) is 0 Å². The predicted molar refractivity (Wildman–Crippen MR) is 61.7 cm³/mol. The Labute approximate surface area is 103 Å². The molecule has 0 fully saturated rings. The lowest BCUT2D eigenvalue weighted by molar-refractivity contribution is -0.387. The van der Waals surface area contributed by atoms with Gasteiger partial charge in [0.05, 0.1) is 11.0 Å². The van der Waals surface area contributed by atoms with Gasteiger partial charge in [0.15, 0.2) is 0 Å². The highest BCUT2D eigenvalue weighted by Crippen LogP contribution is 2.17. The summed E-state index contributed by atoms with van der Waals surface area (Å²) in [7, 11) is 0. The highest BCUT2D eigenvalue weighted by Gasteiger charge is 2.16. The van der Waals surface area contributed by atoms with Crippen LogP contribution in [0.2, 0.25) is 0 Å². The van der Waals surface area contributed by atoms with Crippen molar-refractivity contribution in [3.05, 3.63) is 39.7 Å². The molecule has 1 unspecified atom stereocenters. The second-order valence-electron chi connectivity index (χ2n) is 3.82. The fraction of sp³-hybridized carbons (Fsp3) is 0.364. The Bertz CT molecular complexity index is 462. The van der Waals surface area contributed by atoms with E-state index in [-0.39, 0.29) is 12.1 Å². The van der Waals surface area contributed by atoms with Crippen molar-refractivity contribution in [1.29, 1.82) is 0 Å². The zero-order chi connectivity index (χ0) is 13.7. The van der Waals surface area contributed by atoms with Crippen LogP contribution < -0.4 is 5.32 Å². The second-order valence-corrected chi connectivity index (χ2v) is 3.82. The number of nitrogens with zero attached hydrogens (tertiary/aromatic N) is 1. The molecule has 0 saturated heterocycles. The number of nitro benzene ring substituents is 1. The van der Waals surface area contributed by atoms with E-state index in [4.69, 9.17) is 5.11 Å². The molecule has 98 valence electrons. The summed E-state index contributed by atoms with van der Waals surface area (Å²) in [5, 5.41) is 21.8. The molecule has 0 spiro atoms. The van der Waals surface area contributed by atoms with Gasteiger partial charge in [0.1, 0.15) is 0 Å². The number of nitrogens with one attached hydrogen (secondary N) is 1. The van der Waals surface area contributed by atoms with Crippen LogP contribution in [-0.4, -0.2) is 28.6 Å². The van der Waals surface area contributed by atoms with Crippen molar-refractivity contribution in [3.8, 4) is 0 Å². The molecule has 0 radical (unpaired) electrons. The van der Waals surface area contributed by atoms with Gasteiger partial charge in [-0.2, -0.15) is 4.39 Å². The van der Waals surface area contributed by atoms with Gasteiger partial charge in [-0.05, 0) is 25.5 Å². The zero-order valence-corrected chi connectivity index (χ0v) is 9.72. The van der Waals surface area contributed by atoms with Crippen LogP contribution in [0.15, 0.2) is 18.2 Å². The Morgan fingerprint density at radius 3 is 2.78 bits per heavy atom. The van der Waals surface area contributed by atoms with Crippen molar-refractivity contribution in [2.75, 3.05) is 6.54 Å². The molecule has 7 heteroatoms. The summed E-state index contributed by atoms with van der Waals surface area (Å²) in [4.78, 5) is 21.1. The monoisotopic (exact) mass is 256 g/mol. The largest absolute Gasteiger partial charge is 0.393 e. The van der Waals surface area contributed by atoms with E-state index in [9.17, 15) is 19.3 Å². The van der Waals surface area contributed by atoms with E-state index < -0.39 is 28.4 Å². The lowest BCUT2D eigenvalue weighted by Gasteiger charge is -2.06. The van der Waals surface area contributed by atoms with Crippen LogP contribution >= 0.6 is 0 Å². The highest BCUT2D eigenvalue weighted by molar-refractivity contribution is 5.94. The number of hydrogen-bond donors (Lipinski definition) is 2. The molecular weight excluding hydrogens is 243 g/mol. The van der Waals surface area contributed by atoms with Gasteiger partial charge in [0.25, 0.3) is 5.91 Å². The van der Waals surface area contributed by atoms with Gasteiger partial charge in [-0.25, -0.2) is 0 Å². The van der Waals surface area contributed by atoms with Crippen molar-refractivity contribution in [3.63, 3.8) is 0 Å². The van der Waals surface area contributed by atoms with Crippen molar-refractivity contribution in [2.45, 2.75) is 19.4 Å². The van der Waals surface area contributed by atoms with Crippen molar-refractivity contribution < 1.29 is 19.2 Å². The maximum atomic E-state index is 13.2. The smallest absolute Gasteiger partial charge is 0.304 e. The quantitative estimate of drug-likeness (QED) is 0.612. The summed E-state index contributed by atoms with van der Waals surface area (Å²) in [6.07, 6.45) is -0.166. The zero-order valence-electron chi connectivity index (χ0n) is 9.72. The molecule has 1 rings (SSSR count). The maximum absolute atomic E-state index is 13.2. The first kappa shape index (κ1) is 14.0. The molecule has 18 heavy (non-hydrogen) atoms. The van der Waals surface area contributed by atoms with Gasteiger partial charge in [-0.15, -0.1) is 0 Å². The molecule has 0 aliphatic carbocycles. The highest BCUT2D eigenvalue weighted by atomic mass is 19.1. The first-order chi connectivity index (χ1) is 8.41. The first-order valence-electron chi connectivity index (χ1n) is 5.32. The van der Waals surface area contributed by atoms with Gasteiger partial charge >= 0.3 is 5.69 Å². The molecule has 0 aromatic heterocycles. The summed E-state index contributed by atoms with van der Waals surface area (Å²) in [5.74, 6) is -1.59. The van der Waals surface area contributed by atoms with Crippen LogP contribution in [0.4, 0.5) is 10.1 Å². The molecule has 1 aromatic rings. The number of rotatable bonds is 5. The molecule has 1 atom stereocenters. The standard InChI is InChI=1S/C11H13FN2O4/c1-7(15)4-5-13-11(16)8-2-3-10(14(17)18)9(12)6-8/h2-3,6-7,15H,4-5H2,1H3,(H,13,16). The number of benzene rings is 1. The predicted octanol–water partition coefficient (Wildman–Crippen LogP) is 1.23. The number of carbonyl (C=O) groups excluding carboxylic acids is 1. The number of amides is 1. The number of carbonyl (C=O) groups is 1. The van der Waals surface area contributed by atoms with Gasteiger partial charge in [-0.1, -0.05) is 0 Å². The van der Waals surface area contributed by atoms with Crippen LogP contribution in [0.3, 0.4) is 0 Å². The summed E-state index contributed by atoms with van der Waals surface area (Å²) in [5.41, 5.74) is -0.667. The number of aliphatic hydroxyl groups is 1. The van der Waals surface area contributed by atoms with Crippen LogP contribution in [-0.2, 0) is 0 Å². The van der Waals surface area contributed by atoms with Crippen LogP contribution in [0, 0.1) is 15.9 Å². The average molecular weight is 256 g/mol. The Morgan fingerprint density at radius 2 is 2.28 bits per heavy atom. The van der Waals surface area contributed by atoms with E-state index in [0.29, 0.717) is 6.42 Å². The lowest BCUT2D eigenvalue weighted by atomic mass is 10.2. The Kier molecular flexibility index (Phi) is 4.73. The van der Waals surface area contributed by atoms with Crippen molar-refractivity contribution >= 4 is 11.6 Å². The third kappa shape index (κ3) is 3.77. The molecule has 1 aromatic carbocycles. The van der Waals surface area contributed by atoms with E-state index in [1.165, 1.54) is 6.07 Å². The lowest BCUT2D eigenvalue weighted by Crippen LogP contribution is -2.26. The average Bonchev–Trinajstić information content (AvgIpc) is 2.27. The third-order valence-electron chi connectivity index (χ3n) is 2.25. The molecule has 0 bridgehead atoms. The maximum Gasteiger partial charge on any atom is 0.304 e. The van der Waals surface area contributed by atoms with Gasteiger partial charge < -0.3 is 10.4 Å². The molecule has 1 amide bonds. The van der Waals surface area contributed by atoms with E-state index in [1.54, 1.807) is 6.92 Å². The molecule has 0 heterocycles. The van der Waals surface area contributed by atoms with Gasteiger partial charge in [-0.3, -0.25) is 14.9 Å². The van der Waals surface area contributed by atoms with Gasteiger partial charge in [0, 0.05) is 18.2 Å². The molecule has 0 aliphatic rings. The third-order valence-corrected chi connectivity index (χ3v) is 2.25. The van der Waals surface area contributed by atoms with Crippen LogP contribution in [0.5, 0.6) is 0 Å². The van der Waals surface area contributed by atoms with E-state index in [2.05, 4.69) is 5.32 Å². The Balaban J connectivity index is 2.70. The van der Waals surface area contributed by atoms with E-state index >= 15 is 0 Å². The molecule has 0 saturated carbocycles. The number of hydrogen-bond acceptors (Lipinski definition) is 4. The minimum Gasteiger partial charge on any atom is -0.393 e. The first-order valence-corrected chi connectivity index (χ1v) is 5.32. The molecule has 2 N–H and O–H groups in total. The van der Waals surface area contributed by atoms with E-state index in [0.717, 1.165) is 12.1 Å². The van der Waals surface area contributed by atoms with Crippen LogP contribution in [0.1, 0.15) is 23.7 Å². The topological polar surface area (TPSA) is 92.5 Å². The fourth-order valence-electron chi connectivity index (χ4n) is 1.29. The summed E-state index contributed by atoms with van der Waals surface area (Å²) in [6, 6.07) is 2.94. The van der Waals surface area contributed by atoms with Crippen molar-refractivity contribution in [1.82, 2.24) is 5.32 Å². The van der Waals surface area contributed by atoms with Crippen LogP contribution in [0.25, 0.3) is 0 Å². The summed E-state index contributed by atoms with van der Waals surface area (Å²) < 4.78 is 13.2. The summed E-state index contributed by atoms with van der Waals surface area (Å²) in [6.45, 7) is 1.83. The minimum absolute atomic E-state index is 0.00342. The normalized spacial score (nSPS) is 11.9. The SMILES string of the molecule is CC(O)CCNC(=O)c1ccc([N+](=O)[O-])c(F)c1. The fourth-order valence-corrected chi connectivity index (χ4v) is 1.29. The number of halogens is 1. The summed E-state index contributed by atoms with van der Waals surface area (Å²) >= 11 is 0. The molecule has 0 aliphatic heterocycles. The molecule has 6 nitrogen and oxygen atoms in total. The molecular formula is C11H13FN2O4. The second kappa shape index (κ2) is 6.06. The van der Waals surface area contributed by atoms with Gasteiger partial charge in [0.2, 0.25) is 5.82 Å². The number of nitro groups is 1. The Morgan fingerprint density at radius 1 is 1.61 bits per heavy atom. The van der Waals surface area contributed by atoms with Crippen molar-refractivity contribution in [2.24, 2.45) is 0 Å².